The van der Waals surface area contributed by atoms with Crippen molar-refractivity contribution in [2.24, 2.45) is 5.92 Å². The Morgan fingerprint density at radius 1 is 1.13 bits per heavy atom. The number of halogens is 1. The molecule has 0 fully saturated rings. The number of nitrogens with one attached hydrogen (secondary N) is 1. The van der Waals surface area contributed by atoms with Gasteiger partial charge in [-0.25, -0.2) is 12.8 Å². The number of benzene rings is 2. The Hall–Kier alpha value is -2.08. The molecule has 4 nitrogen and oxygen atoms in total. The van der Waals surface area contributed by atoms with Crippen LogP contribution >= 0.6 is 0 Å². The number of sulfonamides is 1. The maximum Gasteiger partial charge on any atom is 0.261 e. The number of ether oxygens (including phenoxy) is 1. The Morgan fingerprint density at radius 2 is 1.78 bits per heavy atom. The van der Waals surface area contributed by atoms with Gasteiger partial charge in [0.1, 0.15) is 0 Å². The molecular weight excluding hydrogens is 317 g/mol. The summed E-state index contributed by atoms with van der Waals surface area (Å²) in [5, 5.41) is 0. The van der Waals surface area contributed by atoms with Gasteiger partial charge in [0.2, 0.25) is 0 Å². The molecule has 2 aromatic rings. The molecule has 0 unspecified atom stereocenters. The van der Waals surface area contributed by atoms with Gasteiger partial charge in [-0.05, 0) is 37.1 Å². The third kappa shape index (κ3) is 4.69. The molecule has 0 spiro atoms. The van der Waals surface area contributed by atoms with Crippen LogP contribution in [0.5, 0.6) is 5.75 Å². The molecule has 0 aliphatic rings. The van der Waals surface area contributed by atoms with Gasteiger partial charge in [0.05, 0.1) is 17.2 Å². The lowest BCUT2D eigenvalue weighted by molar-refractivity contribution is 0.259. The Labute approximate surface area is 136 Å². The van der Waals surface area contributed by atoms with Crippen molar-refractivity contribution in [2.75, 3.05) is 11.3 Å². The highest BCUT2D eigenvalue weighted by atomic mass is 32.2. The third-order valence-corrected chi connectivity index (χ3v) is 4.48. The summed E-state index contributed by atoms with van der Waals surface area (Å²) in [6.07, 6.45) is 0. The molecule has 0 saturated heterocycles. The van der Waals surface area contributed by atoms with Crippen LogP contribution in [-0.2, 0) is 10.0 Å². The Balaban J connectivity index is 2.16. The van der Waals surface area contributed by atoms with E-state index < -0.39 is 15.8 Å². The van der Waals surface area contributed by atoms with E-state index in [-0.39, 0.29) is 22.3 Å². The highest BCUT2D eigenvalue weighted by Gasteiger charge is 2.15. The predicted molar refractivity (Wildman–Crippen MR) is 88.7 cm³/mol. The minimum Gasteiger partial charge on any atom is -0.490 e. The van der Waals surface area contributed by atoms with E-state index in [4.69, 9.17) is 4.74 Å². The van der Waals surface area contributed by atoms with Crippen LogP contribution in [0.25, 0.3) is 0 Å². The third-order valence-electron chi connectivity index (χ3n) is 3.09. The zero-order chi connectivity index (χ0) is 17.0. The lowest BCUT2D eigenvalue weighted by atomic mass is 10.2. The van der Waals surface area contributed by atoms with Gasteiger partial charge in [0.15, 0.2) is 11.6 Å². The molecular formula is C17H20FNO3S. The summed E-state index contributed by atoms with van der Waals surface area (Å²) in [7, 11) is -3.74. The first kappa shape index (κ1) is 17.3. The second-order valence-electron chi connectivity index (χ2n) is 5.77. The Morgan fingerprint density at radius 3 is 2.35 bits per heavy atom. The molecule has 0 saturated carbocycles. The van der Waals surface area contributed by atoms with Crippen LogP contribution in [-0.4, -0.2) is 15.0 Å². The first-order chi connectivity index (χ1) is 10.8. The van der Waals surface area contributed by atoms with Gasteiger partial charge in [-0.1, -0.05) is 31.5 Å². The maximum atomic E-state index is 14.0. The number of hydrogen-bond donors (Lipinski definition) is 1. The number of anilines is 1. The minimum atomic E-state index is -3.74. The van der Waals surface area contributed by atoms with Crippen LogP contribution in [0.15, 0.2) is 47.4 Å². The number of aryl methyl sites for hydroxylation is 1. The van der Waals surface area contributed by atoms with Gasteiger partial charge < -0.3 is 4.74 Å². The standard InChI is InChI=1S/C17H20FNO3S/c1-12(2)11-22-17-9-6-14(10-16(17)18)19-23(20,21)15-7-4-13(3)5-8-15/h4-10,12,19H,11H2,1-3H3. The summed E-state index contributed by atoms with van der Waals surface area (Å²) >= 11 is 0. The second kappa shape index (κ2) is 7.00. The van der Waals surface area contributed by atoms with Gasteiger partial charge in [-0.2, -0.15) is 0 Å². The zero-order valence-electron chi connectivity index (χ0n) is 13.3. The van der Waals surface area contributed by atoms with Gasteiger partial charge in [0, 0.05) is 6.07 Å². The van der Waals surface area contributed by atoms with E-state index in [0.29, 0.717) is 6.61 Å². The molecule has 6 heteroatoms. The molecule has 1 N–H and O–H groups in total. The largest absolute Gasteiger partial charge is 0.490 e. The molecule has 23 heavy (non-hydrogen) atoms. The summed E-state index contributed by atoms with van der Waals surface area (Å²) in [6.45, 7) is 6.18. The molecule has 0 heterocycles. The van der Waals surface area contributed by atoms with Crippen molar-refractivity contribution in [2.45, 2.75) is 25.7 Å². The van der Waals surface area contributed by atoms with Crippen LogP contribution in [0, 0.1) is 18.7 Å². The van der Waals surface area contributed by atoms with E-state index in [1.807, 2.05) is 20.8 Å². The molecule has 0 radical (unpaired) electrons. The molecule has 0 aliphatic heterocycles. The van der Waals surface area contributed by atoms with Gasteiger partial charge in [0.25, 0.3) is 10.0 Å². The minimum absolute atomic E-state index is 0.108. The SMILES string of the molecule is Cc1ccc(S(=O)(=O)Nc2ccc(OCC(C)C)c(F)c2)cc1. The van der Waals surface area contributed by atoms with E-state index in [2.05, 4.69) is 4.72 Å². The second-order valence-corrected chi connectivity index (χ2v) is 7.45. The zero-order valence-corrected chi connectivity index (χ0v) is 14.2. The summed E-state index contributed by atoms with van der Waals surface area (Å²) in [5.74, 6) is -0.221. The van der Waals surface area contributed by atoms with Crippen LogP contribution in [0.4, 0.5) is 10.1 Å². The number of rotatable bonds is 6. The fraction of sp³-hybridized carbons (Fsp3) is 0.294. The van der Waals surface area contributed by atoms with Crippen molar-refractivity contribution >= 4 is 15.7 Å². The highest BCUT2D eigenvalue weighted by molar-refractivity contribution is 7.92. The average molecular weight is 337 g/mol. The monoisotopic (exact) mass is 337 g/mol. The van der Waals surface area contributed by atoms with E-state index in [9.17, 15) is 12.8 Å². The van der Waals surface area contributed by atoms with E-state index in [1.54, 1.807) is 12.1 Å². The predicted octanol–water partition coefficient (Wildman–Crippen LogP) is 3.97. The molecule has 0 atom stereocenters. The normalized spacial score (nSPS) is 11.5. The molecule has 0 bridgehead atoms. The lowest BCUT2D eigenvalue weighted by Gasteiger charge is -2.12. The van der Waals surface area contributed by atoms with E-state index in [1.165, 1.54) is 24.3 Å². The van der Waals surface area contributed by atoms with Gasteiger partial charge in [-0.15, -0.1) is 0 Å². The molecule has 0 amide bonds. The smallest absolute Gasteiger partial charge is 0.261 e. The summed E-state index contributed by atoms with van der Waals surface area (Å²) in [5.41, 5.74) is 1.11. The Kier molecular flexibility index (Phi) is 5.26. The van der Waals surface area contributed by atoms with E-state index >= 15 is 0 Å². The number of hydrogen-bond acceptors (Lipinski definition) is 3. The quantitative estimate of drug-likeness (QED) is 0.868. The van der Waals surface area contributed by atoms with Crippen molar-refractivity contribution in [1.82, 2.24) is 0 Å². The molecule has 0 aliphatic carbocycles. The summed E-state index contributed by atoms with van der Waals surface area (Å²) in [4.78, 5) is 0.128. The first-order valence-corrected chi connectivity index (χ1v) is 8.78. The first-order valence-electron chi connectivity index (χ1n) is 7.30. The van der Waals surface area contributed by atoms with Crippen molar-refractivity contribution in [1.29, 1.82) is 0 Å². The summed E-state index contributed by atoms with van der Waals surface area (Å²) in [6, 6.07) is 10.4. The van der Waals surface area contributed by atoms with Crippen molar-refractivity contribution in [3.63, 3.8) is 0 Å². The lowest BCUT2D eigenvalue weighted by Crippen LogP contribution is -2.13. The van der Waals surface area contributed by atoms with Crippen molar-refractivity contribution < 1.29 is 17.5 Å². The van der Waals surface area contributed by atoms with Gasteiger partial charge >= 0.3 is 0 Å². The van der Waals surface area contributed by atoms with Crippen LogP contribution in [0.2, 0.25) is 0 Å². The topological polar surface area (TPSA) is 55.4 Å². The van der Waals surface area contributed by atoms with Crippen molar-refractivity contribution in [3.8, 4) is 5.75 Å². The maximum absolute atomic E-state index is 14.0. The fourth-order valence-corrected chi connectivity index (χ4v) is 2.92. The molecule has 0 aromatic heterocycles. The van der Waals surface area contributed by atoms with Gasteiger partial charge in [-0.3, -0.25) is 4.72 Å². The molecule has 2 rings (SSSR count). The highest BCUT2D eigenvalue weighted by Crippen LogP contribution is 2.24. The molecule has 2 aromatic carbocycles. The van der Waals surface area contributed by atoms with Crippen LogP contribution in [0.3, 0.4) is 0 Å². The summed E-state index contributed by atoms with van der Waals surface area (Å²) < 4.78 is 46.2. The Bertz CT molecular complexity index is 771. The molecule has 124 valence electrons. The van der Waals surface area contributed by atoms with E-state index in [0.717, 1.165) is 11.6 Å². The van der Waals surface area contributed by atoms with Crippen molar-refractivity contribution in [3.05, 3.63) is 53.8 Å². The van der Waals surface area contributed by atoms with Crippen LogP contribution in [0.1, 0.15) is 19.4 Å². The average Bonchev–Trinajstić information content (AvgIpc) is 2.46. The van der Waals surface area contributed by atoms with Crippen LogP contribution < -0.4 is 9.46 Å². The fourth-order valence-electron chi connectivity index (χ4n) is 1.87.